The Morgan fingerprint density at radius 3 is 1.07 bits per heavy atom. The Balaban J connectivity index is -0.000000508. The lowest BCUT2D eigenvalue weighted by Crippen LogP contribution is -2.13. The molecule has 0 radical (unpaired) electrons. The number of unbranched alkanes of at least 4 members (excludes halogenated alkanes) is 20. The summed E-state index contributed by atoms with van der Waals surface area (Å²) in [5.74, 6) is 3.05. The molecule has 0 aromatic rings. The van der Waals surface area contributed by atoms with Crippen LogP contribution in [0.4, 0.5) is 0 Å². The van der Waals surface area contributed by atoms with Crippen LogP contribution in [0, 0.1) is 11.3 Å². The lowest BCUT2D eigenvalue weighted by Gasteiger charge is -2.25. The Morgan fingerprint density at radius 1 is 0.558 bits per heavy atom. The lowest BCUT2D eigenvalue weighted by molar-refractivity contribution is -0.116. The Morgan fingerprint density at radius 2 is 0.884 bits per heavy atom. The first-order valence-electron chi connectivity index (χ1n) is 19.5. The van der Waals surface area contributed by atoms with E-state index in [0.29, 0.717) is 11.2 Å². The van der Waals surface area contributed by atoms with Crippen molar-refractivity contribution in [3.8, 4) is 0 Å². The zero-order chi connectivity index (χ0) is 32.9. The zero-order valence-electron chi connectivity index (χ0n) is 31.6. The van der Waals surface area contributed by atoms with Gasteiger partial charge in [0.25, 0.3) is 0 Å². The van der Waals surface area contributed by atoms with Gasteiger partial charge in [-0.3, -0.25) is 4.79 Å². The van der Waals surface area contributed by atoms with Gasteiger partial charge in [0, 0.05) is 12.2 Å². The van der Waals surface area contributed by atoms with Crippen LogP contribution in [0.3, 0.4) is 0 Å². The number of rotatable bonds is 24. The average molecular weight is 645 g/mol. The summed E-state index contributed by atoms with van der Waals surface area (Å²) in [4.78, 5) is 10.4. The minimum atomic E-state index is 0.406. The van der Waals surface area contributed by atoms with Crippen LogP contribution in [0.5, 0.6) is 0 Å². The molecule has 1 fully saturated rings. The molecule has 1 heterocycles. The molecular weight excluding hydrogens is 561 g/mol. The fourth-order valence-corrected chi connectivity index (χ4v) is 7.14. The molecule has 0 bridgehead atoms. The molecule has 1 nitrogen and oxygen atoms in total. The van der Waals surface area contributed by atoms with Gasteiger partial charge in [-0.25, -0.2) is 0 Å². The Bertz CT molecular complexity index is 475. The maximum absolute atomic E-state index is 10.4. The third-order valence-electron chi connectivity index (χ3n) is 8.74. The number of Topliss-reactive ketones (excluding diaryl/α,β-unsaturated/α-hetero) is 1. The lowest BCUT2D eigenvalue weighted by atomic mass is 9.80. The van der Waals surface area contributed by atoms with E-state index in [1.807, 2.05) is 0 Å². The van der Waals surface area contributed by atoms with Gasteiger partial charge in [0.15, 0.2) is 0 Å². The molecule has 0 saturated carbocycles. The number of hydrogen-bond acceptors (Lipinski definition) is 3. The van der Waals surface area contributed by atoms with Crippen molar-refractivity contribution in [1.29, 1.82) is 0 Å². The highest BCUT2D eigenvalue weighted by Crippen LogP contribution is 2.29. The van der Waals surface area contributed by atoms with Crippen molar-refractivity contribution in [3.05, 3.63) is 0 Å². The number of hydrogen-bond donors (Lipinski definition) is 0. The second kappa shape index (κ2) is 40.4. The number of ketones is 1. The maximum atomic E-state index is 10.4. The fourth-order valence-electron chi connectivity index (χ4n) is 5.10. The molecule has 1 unspecified atom stereocenters. The number of carbonyl (C=O) groups is 1. The highest BCUT2D eigenvalue weighted by Gasteiger charge is 2.17. The van der Waals surface area contributed by atoms with Crippen molar-refractivity contribution in [3.63, 3.8) is 0 Å². The quantitative estimate of drug-likeness (QED) is 0.0768. The van der Waals surface area contributed by atoms with E-state index in [1.165, 1.54) is 161 Å². The molecule has 1 atom stereocenters. The Labute approximate surface area is 283 Å². The minimum Gasteiger partial charge on any atom is -0.299 e. The normalized spacial score (nSPS) is 13.7. The molecule has 1 rings (SSSR count). The van der Waals surface area contributed by atoms with Crippen LogP contribution in [0.2, 0.25) is 0 Å². The summed E-state index contributed by atoms with van der Waals surface area (Å²) in [7, 11) is 3.46. The molecule has 0 spiro atoms. The molecule has 0 aromatic carbocycles. The second-order valence-electron chi connectivity index (χ2n) is 14.0. The van der Waals surface area contributed by atoms with Crippen LogP contribution in [-0.4, -0.2) is 17.3 Å². The molecule has 43 heavy (non-hydrogen) atoms. The van der Waals surface area contributed by atoms with Crippen LogP contribution in [0.15, 0.2) is 0 Å². The van der Waals surface area contributed by atoms with E-state index >= 15 is 0 Å². The molecule has 0 N–H and O–H groups in total. The third-order valence-corrected chi connectivity index (χ3v) is 11.1. The van der Waals surface area contributed by atoms with Crippen LogP contribution in [-0.2, 0) is 4.79 Å². The summed E-state index contributed by atoms with van der Waals surface area (Å²) >= 11 is 0. The Hall–Kier alpha value is 0.370. The van der Waals surface area contributed by atoms with Crippen molar-refractivity contribution in [2.75, 3.05) is 11.5 Å². The molecular formula is C40H84OS2. The van der Waals surface area contributed by atoms with Gasteiger partial charge in [-0.05, 0) is 17.8 Å². The van der Waals surface area contributed by atoms with Crippen LogP contribution in [0.25, 0.3) is 0 Å². The van der Waals surface area contributed by atoms with Gasteiger partial charge in [0.05, 0.1) is 5.75 Å². The second-order valence-corrected chi connectivity index (χ2v) is 16.6. The van der Waals surface area contributed by atoms with Crippen LogP contribution >= 0.6 is 21.6 Å². The molecule has 262 valence electrons. The van der Waals surface area contributed by atoms with E-state index < -0.39 is 0 Å². The minimum absolute atomic E-state index is 0.406. The fraction of sp³-hybridized carbons (Fsp3) is 0.975. The summed E-state index contributed by atoms with van der Waals surface area (Å²) in [5.41, 5.74) is 0.565. The van der Waals surface area contributed by atoms with Gasteiger partial charge in [0.2, 0.25) is 0 Å². The van der Waals surface area contributed by atoms with Gasteiger partial charge >= 0.3 is 0 Å². The standard InChI is InChI=1S/C14H30.C12H26.C10H22.C4H6OS2/c1-3-5-7-9-11-13-14-12-10-8-6-4-2;1-3-5-7-9-11-12-10-8-6-4-2;1-6-9(3)8-10(4,5)7-2;5-4-1-2-6-7-3-4/h3-14H2,1-2H3;3-12H2,1-2H3;9H,6-8H2,1-5H3;1-3H2. The van der Waals surface area contributed by atoms with E-state index in [-0.39, 0.29) is 0 Å². The van der Waals surface area contributed by atoms with E-state index in [4.69, 9.17) is 0 Å². The molecule has 1 saturated heterocycles. The predicted octanol–water partition coefficient (Wildman–Crippen LogP) is 15.8. The first kappa shape index (κ1) is 47.8. The van der Waals surface area contributed by atoms with Crippen LogP contribution in [0.1, 0.15) is 229 Å². The van der Waals surface area contributed by atoms with Crippen molar-refractivity contribution >= 4 is 27.4 Å². The van der Waals surface area contributed by atoms with E-state index in [0.717, 1.165) is 23.8 Å². The van der Waals surface area contributed by atoms with Crippen molar-refractivity contribution in [2.45, 2.75) is 229 Å². The van der Waals surface area contributed by atoms with Gasteiger partial charge in [-0.1, -0.05) is 238 Å². The number of carbonyl (C=O) groups excluding carboxylic acids is 1. The zero-order valence-corrected chi connectivity index (χ0v) is 33.2. The van der Waals surface area contributed by atoms with Gasteiger partial charge in [0.1, 0.15) is 5.78 Å². The molecule has 1 aliphatic heterocycles. The van der Waals surface area contributed by atoms with E-state index in [1.54, 1.807) is 21.6 Å². The van der Waals surface area contributed by atoms with Gasteiger partial charge < -0.3 is 0 Å². The highest BCUT2D eigenvalue weighted by atomic mass is 33.1. The monoisotopic (exact) mass is 645 g/mol. The summed E-state index contributed by atoms with van der Waals surface area (Å²) in [6.07, 6.45) is 36.7. The first-order chi connectivity index (χ1) is 20.7. The van der Waals surface area contributed by atoms with Crippen molar-refractivity contribution < 1.29 is 4.79 Å². The first-order valence-corrected chi connectivity index (χ1v) is 22.0. The summed E-state index contributed by atoms with van der Waals surface area (Å²) in [6.45, 7) is 20.7. The Kier molecular flexibility index (Phi) is 44.9. The van der Waals surface area contributed by atoms with Gasteiger partial charge in [-0.15, -0.1) is 0 Å². The topological polar surface area (TPSA) is 17.1 Å². The maximum Gasteiger partial charge on any atom is 0.144 e. The molecule has 0 aliphatic carbocycles. The van der Waals surface area contributed by atoms with E-state index in [9.17, 15) is 4.79 Å². The van der Waals surface area contributed by atoms with Crippen molar-refractivity contribution in [2.24, 2.45) is 11.3 Å². The highest BCUT2D eigenvalue weighted by molar-refractivity contribution is 8.77. The summed E-state index contributed by atoms with van der Waals surface area (Å²) in [5, 5.41) is 0. The average Bonchev–Trinajstić information content (AvgIpc) is 3.00. The molecule has 0 amide bonds. The smallest absolute Gasteiger partial charge is 0.144 e. The van der Waals surface area contributed by atoms with Crippen LogP contribution < -0.4 is 0 Å². The molecule has 3 heteroatoms. The third kappa shape index (κ3) is 46.9. The van der Waals surface area contributed by atoms with Gasteiger partial charge in [-0.2, -0.15) is 0 Å². The van der Waals surface area contributed by atoms with E-state index in [2.05, 4.69) is 62.3 Å². The SMILES string of the molecule is CCC(C)CC(C)(C)CC.CCCCCCCCCCCC.CCCCCCCCCCCCCC.O=C1CCSSC1. The summed E-state index contributed by atoms with van der Waals surface area (Å²) < 4.78 is 0. The molecule has 1 aliphatic rings. The largest absolute Gasteiger partial charge is 0.299 e. The van der Waals surface area contributed by atoms with Crippen molar-refractivity contribution in [1.82, 2.24) is 0 Å². The summed E-state index contributed by atoms with van der Waals surface area (Å²) in [6, 6.07) is 0. The predicted molar refractivity (Wildman–Crippen MR) is 207 cm³/mol. The molecule has 0 aromatic heterocycles.